The van der Waals surface area contributed by atoms with E-state index < -0.39 is 16.9 Å². The Morgan fingerprint density at radius 2 is 1.55 bits per heavy atom. The number of nitrogens with zero attached hydrogens (tertiary/aromatic N) is 5. The average Bonchev–Trinajstić information content (AvgIpc) is 3.29. The van der Waals surface area contributed by atoms with Crippen LogP contribution in [0.1, 0.15) is 22.7 Å². The van der Waals surface area contributed by atoms with E-state index in [1.807, 2.05) is 55.6 Å². The van der Waals surface area contributed by atoms with Crippen molar-refractivity contribution in [3.05, 3.63) is 95.4 Å². The Hall–Kier alpha value is -4.13. The predicted octanol–water partition coefficient (Wildman–Crippen LogP) is 4.76. The lowest BCUT2D eigenvalue weighted by Gasteiger charge is -2.40. The summed E-state index contributed by atoms with van der Waals surface area (Å²) < 4.78 is 13.7. The molecule has 1 fully saturated rings. The Balaban J connectivity index is 1.73. The number of likely N-dealkylation sites (N-methyl/N-ethyl adjacent to an activating group) is 1. The second-order valence-electron chi connectivity index (χ2n) is 8.68. The van der Waals surface area contributed by atoms with Crippen molar-refractivity contribution in [1.29, 1.82) is 10.5 Å². The van der Waals surface area contributed by atoms with E-state index in [1.54, 1.807) is 12.1 Å². The van der Waals surface area contributed by atoms with Crippen molar-refractivity contribution in [2.24, 2.45) is 5.41 Å². The summed E-state index contributed by atoms with van der Waals surface area (Å²) >= 11 is 0. The topological polar surface area (TPSA) is 76.6 Å². The van der Waals surface area contributed by atoms with Gasteiger partial charge in [-0.05, 0) is 42.4 Å². The van der Waals surface area contributed by atoms with E-state index >= 15 is 0 Å². The van der Waals surface area contributed by atoms with E-state index in [9.17, 15) is 14.9 Å². The normalized spacial score (nSPS) is 22.6. The third kappa shape index (κ3) is 2.26. The lowest BCUT2D eigenvalue weighted by molar-refractivity contribution is 0.165. The number of rotatable bonds is 1. The van der Waals surface area contributed by atoms with Crippen LogP contribution in [0.5, 0.6) is 0 Å². The van der Waals surface area contributed by atoms with Gasteiger partial charge in [-0.25, -0.2) is 14.4 Å². The smallest absolute Gasteiger partial charge is 0.179 e. The molecule has 3 aromatic carbocycles. The van der Waals surface area contributed by atoms with Gasteiger partial charge in [-0.2, -0.15) is 10.5 Å². The van der Waals surface area contributed by atoms with Crippen molar-refractivity contribution >= 4 is 11.0 Å². The van der Waals surface area contributed by atoms with Crippen LogP contribution in [0.3, 0.4) is 0 Å². The standard InChI is InChI=1S/C27H18FN5/c1-33-14-21(17-10-12-18(28)13-11-17)26(15-29,16-30)27(33)20-7-3-2-6-19(20)24-25(27)32-23-9-5-4-8-22(23)31-24/h2-13,21H,14H2,1H3/t21-,27-/m1/s1. The molecule has 1 aromatic heterocycles. The van der Waals surface area contributed by atoms with E-state index in [1.165, 1.54) is 12.1 Å². The van der Waals surface area contributed by atoms with Gasteiger partial charge in [-0.1, -0.05) is 48.5 Å². The molecule has 6 rings (SSSR count). The summed E-state index contributed by atoms with van der Waals surface area (Å²) in [5.41, 5.74) is 2.67. The van der Waals surface area contributed by atoms with Crippen LogP contribution in [0.15, 0.2) is 72.8 Å². The molecule has 1 aliphatic heterocycles. The van der Waals surface area contributed by atoms with Crippen molar-refractivity contribution in [1.82, 2.24) is 14.9 Å². The van der Waals surface area contributed by atoms with Crippen molar-refractivity contribution in [3.63, 3.8) is 0 Å². The van der Waals surface area contributed by atoms with Crippen molar-refractivity contribution in [2.75, 3.05) is 13.6 Å². The molecule has 158 valence electrons. The van der Waals surface area contributed by atoms with Gasteiger partial charge < -0.3 is 0 Å². The van der Waals surface area contributed by atoms with Crippen LogP contribution in [0.25, 0.3) is 22.3 Å². The van der Waals surface area contributed by atoms with Crippen molar-refractivity contribution < 1.29 is 4.39 Å². The number of fused-ring (bicyclic) bond motifs is 6. The molecule has 33 heavy (non-hydrogen) atoms. The van der Waals surface area contributed by atoms with Gasteiger partial charge >= 0.3 is 0 Å². The number of likely N-dealkylation sites (tertiary alicyclic amines) is 1. The molecule has 0 N–H and O–H groups in total. The zero-order chi connectivity index (χ0) is 22.8. The molecular formula is C27H18FN5. The van der Waals surface area contributed by atoms with Crippen LogP contribution < -0.4 is 0 Å². The summed E-state index contributed by atoms with van der Waals surface area (Å²) in [6, 6.07) is 26.4. The molecule has 2 aliphatic rings. The zero-order valence-electron chi connectivity index (χ0n) is 17.8. The van der Waals surface area contributed by atoms with Crippen LogP contribution >= 0.6 is 0 Å². The van der Waals surface area contributed by atoms with Crippen LogP contribution in [0.2, 0.25) is 0 Å². The fourth-order valence-corrected chi connectivity index (χ4v) is 5.85. The van der Waals surface area contributed by atoms with Gasteiger partial charge in [0.05, 0.1) is 34.6 Å². The molecule has 0 unspecified atom stereocenters. The minimum absolute atomic E-state index is 0.353. The highest BCUT2D eigenvalue weighted by Crippen LogP contribution is 2.65. The Morgan fingerprint density at radius 3 is 2.24 bits per heavy atom. The SMILES string of the molecule is CN1C[C@H](c2ccc(F)cc2)C(C#N)(C#N)[C@]12c1ccccc1-c1nc3ccccc3nc12. The molecule has 2 heterocycles. The number of nitriles is 2. The first-order valence-corrected chi connectivity index (χ1v) is 10.7. The molecule has 1 aliphatic carbocycles. The van der Waals surface area contributed by atoms with Gasteiger partial charge in [-0.15, -0.1) is 0 Å². The number of aromatic nitrogens is 2. The Bertz CT molecular complexity index is 1500. The molecular weight excluding hydrogens is 413 g/mol. The Kier molecular flexibility index (Phi) is 3.96. The number of para-hydroxylation sites is 2. The first-order valence-electron chi connectivity index (χ1n) is 10.7. The largest absolute Gasteiger partial charge is 0.289 e. The van der Waals surface area contributed by atoms with E-state index in [2.05, 4.69) is 17.0 Å². The first kappa shape index (κ1) is 19.5. The molecule has 0 bridgehead atoms. The minimum Gasteiger partial charge on any atom is -0.289 e. The highest BCUT2D eigenvalue weighted by Gasteiger charge is 2.70. The molecule has 1 saturated heterocycles. The first-order chi connectivity index (χ1) is 16.1. The summed E-state index contributed by atoms with van der Waals surface area (Å²) in [6.45, 7) is 0.440. The third-order valence-corrected chi connectivity index (χ3v) is 7.23. The average molecular weight is 431 g/mol. The van der Waals surface area contributed by atoms with Crippen LogP contribution in [0, 0.1) is 33.9 Å². The second-order valence-corrected chi connectivity index (χ2v) is 8.68. The van der Waals surface area contributed by atoms with Gasteiger partial charge in [0.1, 0.15) is 11.4 Å². The highest BCUT2D eigenvalue weighted by atomic mass is 19.1. The number of hydrogen-bond donors (Lipinski definition) is 0. The summed E-state index contributed by atoms with van der Waals surface area (Å²) in [6.07, 6.45) is 0. The van der Waals surface area contributed by atoms with Gasteiger partial charge in [-0.3, -0.25) is 4.90 Å². The highest BCUT2D eigenvalue weighted by molar-refractivity contribution is 5.85. The van der Waals surface area contributed by atoms with Crippen molar-refractivity contribution in [2.45, 2.75) is 11.5 Å². The quantitative estimate of drug-likeness (QED) is 0.434. The van der Waals surface area contributed by atoms with E-state index in [-0.39, 0.29) is 5.82 Å². The second kappa shape index (κ2) is 6.68. The maximum Gasteiger partial charge on any atom is 0.179 e. The maximum atomic E-state index is 13.7. The van der Waals surface area contributed by atoms with E-state index in [4.69, 9.17) is 9.97 Å². The molecule has 1 spiro atoms. The fraction of sp³-hybridized carbons (Fsp3) is 0.185. The van der Waals surface area contributed by atoms with Gasteiger partial charge in [0, 0.05) is 18.0 Å². The predicted molar refractivity (Wildman–Crippen MR) is 121 cm³/mol. The third-order valence-electron chi connectivity index (χ3n) is 7.23. The minimum atomic E-state index is -1.50. The van der Waals surface area contributed by atoms with Gasteiger partial charge in [0.25, 0.3) is 0 Å². The monoisotopic (exact) mass is 431 g/mol. The maximum absolute atomic E-state index is 13.7. The Morgan fingerprint density at radius 1 is 0.909 bits per heavy atom. The number of halogens is 1. The summed E-state index contributed by atoms with van der Waals surface area (Å²) in [5.74, 6) is -0.821. The molecule has 0 amide bonds. The van der Waals surface area contributed by atoms with E-state index in [0.717, 1.165) is 22.2 Å². The zero-order valence-corrected chi connectivity index (χ0v) is 17.8. The lowest BCUT2D eigenvalue weighted by atomic mass is 9.62. The molecule has 0 radical (unpaired) electrons. The van der Waals surface area contributed by atoms with Crippen LogP contribution in [-0.2, 0) is 5.54 Å². The molecule has 4 aromatic rings. The van der Waals surface area contributed by atoms with Gasteiger partial charge in [0.2, 0.25) is 0 Å². The van der Waals surface area contributed by atoms with Crippen molar-refractivity contribution in [3.8, 4) is 23.4 Å². The van der Waals surface area contributed by atoms with Gasteiger partial charge in [0.15, 0.2) is 5.41 Å². The molecule has 6 heteroatoms. The fourth-order valence-electron chi connectivity index (χ4n) is 5.85. The van der Waals surface area contributed by atoms with Crippen LogP contribution in [0.4, 0.5) is 4.39 Å². The number of hydrogen-bond acceptors (Lipinski definition) is 5. The lowest BCUT2D eigenvalue weighted by Crippen LogP contribution is -2.49. The molecule has 2 atom stereocenters. The van der Waals surface area contributed by atoms with Crippen LogP contribution in [-0.4, -0.2) is 28.5 Å². The summed E-state index contributed by atoms with van der Waals surface area (Å²) in [7, 11) is 1.93. The summed E-state index contributed by atoms with van der Waals surface area (Å²) in [5, 5.41) is 21.4. The molecule has 0 saturated carbocycles. The Labute approximate surface area is 190 Å². The number of benzene rings is 3. The van der Waals surface area contributed by atoms with E-state index in [0.29, 0.717) is 23.4 Å². The summed E-state index contributed by atoms with van der Waals surface area (Å²) in [4.78, 5) is 12.0. The molecule has 5 nitrogen and oxygen atoms in total.